The number of rotatable bonds is 9. The Kier molecular flexibility index (Phi) is 7.92. The molecular formula is C15H24ClNO3. The fourth-order valence-corrected chi connectivity index (χ4v) is 1.82. The summed E-state index contributed by atoms with van der Waals surface area (Å²) in [6.07, 6.45) is -0.358. The minimum atomic E-state index is -0.563. The zero-order chi connectivity index (χ0) is 15.0. The molecule has 0 heterocycles. The van der Waals surface area contributed by atoms with Crippen LogP contribution in [0.15, 0.2) is 18.2 Å². The number of hydrogen-bond donors (Lipinski definition) is 2. The molecule has 20 heavy (non-hydrogen) atoms. The van der Waals surface area contributed by atoms with Crippen LogP contribution in [0, 0.1) is 6.92 Å². The van der Waals surface area contributed by atoms with Crippen LogP contribution in [0.3, 0.4) is 0 Å². The molecule has 1 rings (SSSR count). The number of aliphatic hydroxyl groups excluding tert-OH is 1. The van der Waals surface area contributed by atoms with Gasteiger partial charge in [-0.25, -0.2) is 0 Å². The quantitative estimate of drug-likeness (QED) is 0.689. The maximum atomic E-state index is 9.82. The first-order chi connectivity index (χ1) is 9.50. The van der Waals surface area contributed by atoms with Crippen LogP contribution in [0.1, 0.15) is 19.4 Å². The van der Waals surface area contributed by atoms with Gasteiger partial charge in [0.25, 0.3) is 0 Å². The number of anilines is 1. The lowest BCUT2D eigenvalue weighted by Gasteiger charge is -2.15. The van der Waals surface area contributed by atoms with Gasteiger partial charge in [-0.05, 0) is 38.5 Å². The van der Waals surface area contributed by atoms with Crippen molar-refractivity contribution < 1.29 is 14.6 Å². The summed E-state index contributed by atoms with van der Waals surface area (Å²) in [4.78, 5) is 0. The van der Waals surface area contributed by atoms with Crippen molar-refractivity contribution in [3.63, 3.8) is 0 Å². The Morgan fingerprint density at radius 3 is 2.75 bits per heavy atom. The van der Waals surface area contributed by atoms with E-state index in [9.17, 15) is 5.11 Å². The Hall–Kier alpha value is -0.810. The first-order valence-electron chi connectivity index (χ1n) is 6.87. The zero-order valence-corrected chi connectivity index (χ0v) is 13.1. The van der Waals surface area contributed by atoms with Crippen LogP contribution in [0.2, 0.25) is 5.02 Å². The predicted molar refractivity (Wildman–Crippen MR) is 82.6 cm³/mol. The van der Waals surface area contributed by atoms with Gasteiger partial charge in [0.05, 0.1) is 32.0 Å². The Morgan fingerprint density at radius 1 is 1.30 bits per heavy atom. The molecule has 5 heteroatoms. The summed E-state index contributed by atoms with van der Waals surface area (Å²) in [6, 6.07) is 5.66. The van der Waals surface area contributed by atoms with Crippen molar-refractivity contribution in [1.82, 2.24) is 0 Å². The Labute approximate surface area is 126 Å². The minimum absolute atomic E-state index is 0.205. The molecule has 0 saturated heterocycles. The van der Waals surface area contributed by atoms with E-state index in [1.54, 1.807) is 0 Å². The molecule has 0 aliphatic carbocycles. The van der Waals surface area contributed by atoms with Crippen molar-refractivity contribution >= 4 is 17.3 Å². The molecule has 0 aromatic heterocycles. The fourth-order valence-electron chi connectivity index (χ4n) is 1.65. The first kappa shape index (κ1) is 17.2. The number of nitrogens with one attached hydrogen (secondary N) is 1. The van der Waals surface area contributed by atoms with Crippen molar-refractivity contribution in [3.05, 3.63) is 28.8 Å². The van der Waals surface area contributed by atoms with E-state index in [2.05, 4.69) is 5.32 Å². The Bertz CT molecular complexity index is 399. The summed E-state index contributed by atoms with van der Waals surface area (Å²) in [7, 11) is 0. The molecule has 0 fully saturated rings. The SMILES string of the molecule is Cc1c(Cl)cccc1NCC(O)COCCOC(C)C. The van der Waals surface area contributed by atoms with Crippen LogP contribution in [-0.2, 0) is 9.47 Å². The summed E-state index contributed by atoms with van der Waals surface area (Å²) in [5, 5.41) is 13.7. The smallest absolute Gasteiger partial charge is 0.0945 e. The van der Waals surface area contributed by atoms with Gasteiger partial charge in [-0.15, -0.1) is 0 Å². The molecule has 0 amide bonds. The van der Waals surface area contributed by atoms with Crippen LogP contribution < -0.4 is 5.32 Å². The van der Waals surface area contributed by atoms with Gasteiger partial charge in [-0.3, -0.25) is 0 Å². The molecule has 0 spiro atoms. The molecular weight excluding hydrogens is 278 g/mol. The molecule has 1 unspecified atom stereocenters. The molecule has 0 radical (unpaired) electrons. The third-order valence-corrected chi connectivity index (χ3v) is 3.19. The topological polar surface area (TPSA) is 50.7 Å². The highest BCUT2D eigenvalue weighted by Crippen LogP contribution is 2.22. The maximum absolute atomic E-state index is 9.82. The van der Waals surface area contributed by atoms with Gasteiger partial charge in [-0.1, -0.05) is 17.7 Å². The summed E-state index contributed by atoms with van der Waals surface area (Å²) in [6.45, 7) is 7.64. The van der Waals surface area contributed by atoms with Gasteiger partial charge in [0.15, 0.2) is 0 Å². The first-order valence-corrected chi connectivity index (χ1v) is 7.25. The van der Waals surface area contributed by atoms with E-state index in [4.69, 9.17) is 21.1 Å². The molecule has 2 N–H and O–H groups in total. The van der Waals surface area contributed by atoms with Crippen LogP contribution >= 0.6 is 11.6 Å². The third kappa shape index (κ3) is 6.57. The van der Waals surface area contributed by atoms with Gasteiger partial charge in [-0.2, -0.15) is 0 Å². The maximum Gasteiger partial charge on any atom is 0.0945 e. The van der Waals surface area contributed by atoms with Crippen molar-refractivity contribution in [3.8, 4) is 0 Å². The van der Waals surface area contributed by atoms with E-state index in [1.807, 2.05) is 39.0 Å². The van der Waals surface area contributed by atoms with E-state index in [-0.39, 0.29) is 12.7 Å². The molecule has 0 aliphatic heterocycles. The number of ether oxygens (including phenoxy) is 2. The van der Waals surface area contributed by atoms with Gasteiger partial charge in [0.1, 0.15) is 0 Å². The Balaban J connectivity index is 2.19. The zero-order valence-electron chi connectivity index (χ0n) is 12.4. The van der Waals surface area contributed by atoms with Crippen LogP contribution in [0.25, 0.3) is 0 Å². The molecule has 1 aromatic carbocycles. The lowest BCUT2D eigenvalue weighted by molar-refractivity contribution is -0.00734. The van der Waals surface area contributed by atoms with Gasteiger partial charge >= 0.3 is 0 Å². The summed E-state index contributed by atoms with van der Waals surface area (Å²) < 4.78 is 10.7. The van der Waals surface area contributed by atoms with E-state index in [0.717, 1.165) is 11.3 Å². The highest BCUT2D eigenvalue weighted by atomic mass is 35.5. The van der Waals surface area contributed by atoms with Crippen molar-refractivity contribution in [2.24, 2.45) is 0 Å². The molecule has 1 aromatic rings. The van der Waals surface area contributed by atoms with E-state index in [1.165, 1.54) is 0 Å². The second-order valence-electron chi connectivity index (χ2n) is 4.94. The average Bonchev–Trinajstić information content (AvgIpc) is 2.39. The Morgan fingerprint density at radius 2 is 2.05 bits per heavy atom. The lowest BCUT2D eigenvalue weighted by atomic mass is 10.2. The normalized spacial score (nSPS) is 12.7. The monoisotopic (exact) mass is 301 g/mol. The van der Waals surface area contributed by atoms with Crippen molar-refractivity contribution in [2.45, 2.75) is 33.0 Å². The number of hydrogen-bond acceptors (Lipinski definition) is 4. The predicted octanol–water partition coefficient (Wildman–Crippen LogP) is 2.86. The largest absolute Gasteiger partial charge is 0.389 e. The average molecular weight is 302 g/mol. The van der Waals surface area contributed by atoms with Gasteiger partial charge in [0.2, 0.25) is 0 Å². The molecule has 4 nitrogen and oxygen atoms in total. The highest BCUT2D eigenvalue weighted by Gasteiger charge is 2.06. The van der Waals surface area contributed by atoms with Gasteiger partial charge in [0, 0.05) is 17.3 Å². The van der Waals surface area contributed by atoms with Crippen LogP contribution in [0.4, 0.5) is 5.69 Å². The summed E-state index contributed by atoms with van der Waals surface area (Å²) in [5.74, 6) is 0. The summed E-state index contributed by atoms with van der Waals surface area (Å²) in [5.41, 5.74) is 1.91. The molecule has 0 bridgehead atoms. The van der Waals surface area contributed by atoms with Gasteiger partial charge < -0.3 is 19.9 Å². The molecule has 114 valence electrons. The number of halogens is 1. The minimum Gasteiger partial charge on any atom is -0.389 e. The van der Waals surface area contributed by atoms with Crippen molar-refractivity contribution in [1.29, 1.82) is 0 Å². The standard InChI is InChI=1S/C15H24ClNO3/c1-11(2)20-8-7-19-10-13(18)9-17-15-6-4-5-14(16)12(15)3/h4-6,11,13,17-18H,7-10H2,1-3H3. The van der Waals surface area contributed by atoms with Crippen molar-refractivity contribution in [2.75, 3.05) is 31.7 Å². The highest BCUT2D eigenvalue weighted by molar-refractivity contribution is 6.31. The summed E-state index contributed by atoms with van der Waals surface area (Å²) >= 11 is 6.03. The van der Waals surface area contributed by atoms with E-state index < -0.39 is 6.10 Å². The molecule has 0 aliphatic rings. The van der Waals surface area contributed by atoms with Crippen LogP contribution in [0.5, 0.6) is 0 Å². The lowest BCUT2D eigenvalue weighted by Crippen LogP contribution is -2.26. The number of benzene rings is 1. The molecule has 0 saturated carbocycles. The molecule has 1 atom stereocenters. The second-order valence-corrected chi connectivity index (χ2v) is 5.35. The van der Waals surface area contributed by atoms with E-state index in [0.29, 0.717) is 24.8 Å². The second kappa shape index (κ2) is 9.19. The fraction of sp³-hybridized carbons (Fsp3) is 0.600. The third-order valence-electron chi connectivity index (χ3n) is 2.78. The van der Waals surface area contributed by atoms with E-state index >= 15 is 0 Å². The number of aliphatic hydroxyl groups is 1. The van der Waals surface area contributed by atoms with Crippen LogP contribution in [-0.4, -0.2) is 43.7 Å².